The van der Waals surface area contributed by atoms with Gasteiger partial charge in [0.2, 0.25) is 0 Å². The minimum atomic E-state index is 0.418. The minimum absolute atomic E-state index is 0.418. The normalized spacial score (nSPS) is 18.8. The fourth-order valence-electron chi connectivity index (χ4n) is 3.27. The first-order chi connectivity index (χ1) is 9.19. The zero-order valence-corrected chi connectivity index (χ0v) is 12.8. The van der Waals surface area contributed by atoms with E-state index >= 15 is 0 Å². The Labute approximate surface area is 118 Å². The topological polar surface area (TPSA) is 15.3 Å². The van der Waals surface area contributed by atoms with Gasteiger partial charge in [-0.3, -0.25) is 4.90 Å². The van der Waals surface area contributed by atoms with Crippen LogP contribution in [0.4, 0.5) is 0 Å². The molecule has 2 heteroatoms. The van der Waals surface area contributed by atoms with Gasteiger partial charge in [0, 0.05) is 18.1 Å². The van der Waals surface area contributed by atoms with Crippen molar-refractivity contribution in [3.05, 3.63) is 35.9 Å². The third-order valence-electron chi connectivity index (χ3n) is 4.26. The highest BCUT2D eigenvalue weighted by atomic mass is 15.2. The summed E-state index contributed by atoms with van der Waals surface area (Å²) in [6.07, 6.45) is 2.75. The summed E-state index contributed by atoms with van der Waals surface area (Å²) in [5.74, 6) is 0.651. The van der Waals surface area contributed by atoms with Crippen LogP contribution in [-0.2, 0) is 0 Å². The summed E-state index contributed by atoms with van der Waals surface area (Å²) in [4.78, 5) is 2.71. The van der Waals surface area contributed by atoms with Crippen molar-refractivity contribution in [2.45, 2.75) is 51.7 Å². The number of hydrogen-bond acceptors (Lipinski definition) is 2. The number of rotatable bonds is 7. The first-order valence-corrected chi connectivity index (χ1v) is 7.67. The van der Waals surface area contributed by atoms with Crippen molar-refractivity contribution >= 4 is 0 Å². The van der Waals surface area contributed by atoms with Crippen molar-refractivity contribution in [2.24, 2.45) is 5.92 Å². The second-order valence-corrected chi connectivity index (χ2v) is 5.97. The molecule has 1 aliphatic carbocycles. The highest BCUT2D eigenvalue weighted by molar-refractivity contribution is 5.21. The summed E-state index contributed by atoms with van der Waals surface area (Å²) in [5, 5.41) is 3.56. The van der Waals surface area contributed by atoms with Crippen LogP contribution in [0, 0.1) is 5.92 Å². The lowest BCUT2D eigenvalue weighted by atomic mass is 9.89. The van der Waals surface area contributed by atoms with E-state index in [4.69, 9.17) is 0 Å². The molecule has 1 N–H and O–H groups in total. The Morgan fingerprint density at radius 3 is 2.26 bits per heavy atom. The number of nitrogens with zero attached hydrogens (tertiary/aromatic N) is 1. The van der Waals surface area contributed by atoms with Crippen molar-refractivity contribution < 1.29 is 0 Å². The standard InChI is InChI=1S/C17H28N2/c1-5-19(15-11-12-15)17(13(2)3)16(18-4)14-9-7-6-8-10-14/h6-10,13,15-18H,5,11-12H2,1-4H3. The number of likely N-dealkylation sites (N-methyl/N-ethyl adjacent to an activating group) is 2. The van der Waals surface area contributed by atoms with Gasteiger partial charge in [0.1, 0.15) is 0 Å². The lowest BCUT2D eigenvalue weighted by Gasteiger charge is -2.39. The van der Waals surface area contributed by atoms with Gasteiger partial charge in [0.15, 0.2) is 0 Å². The Morgan fingerprint density at radius 1 is 1.21 bits per heavy atom. The molecular formula is C17H28N2. The fourth-order valence-corrected chi connectivity index (χ4v) is 3.27. The van der Waals surface area contributed by atoms with Gasteiger partial charge in [-0.25, -0.2) is 0 Å². The average molecular weight is 260 g/mol. The predicted octanol–water partition coefficient (Wildman–Crippen LogP) is 3.46. The van der Waals surface area contributed by atoms with Crippen LogP contribution in [0.1, 0.15) is 45.2 Å². The van der Waals surface area contributed by atoms with Crippen LogP contribution in [0.15, 0.2) is 30.3 Å². The molecule has 0 saturated heterocycles. The predicted molar refractivity (Wildman–Crippen MR) is 82.3 cm³/mol. The van der Waals surface area contributed by atoms with Crippen LogP contribution in [0.2, 0.25) is 0 Å². The Hall–Kier alpha value is -0.860. The molecular weight excluding hydrogens is 232 g/mol. The third kappa shape index (κ3) is 3.37. The molecule has 2 nitrogen and oxygen atoms in total. The third-order valence-corrected chi connectivity index (χ3v) is 4.26. The van der Waals surface area contributed by atoms with E-state index in [-0.39, 0.29) is 0 Å². The van der Waals surface area contributed by atoms with Crippen LogP contribution in [0.3, 0.4) is 0 Å². The Kier molecular flexibility index (Phi) is 5.00. The minimum Gasteiger partial charge on any atom is -0.312 e. The maximum Gasteiger partial charge on any atom is 0.0478 e. The van der Waals surface area contributed by atoms with Gasteiger partial charge in [0.25, 0.3) is 0 Å². The second-order valence-electron chi connectivity index (χ2n) is 5.97. The molecule has 1 fully saturated rings. The summed E-state index contributed by atoms with van der Waals surface area (Å²) in [7, 11) is 2.09. The quantitative estimate of drug-likeness (QED) is 0.807. The highest BCUT2D eigenvalue weighted by Crippen LogP contribution is 2.35. The van der Waals surface area contributed by atoms with Crippen molar-refractivity contribution in [3.8, 4) is 0 Å². The van der Waals surface area contributed by atoms with Crippen LogP contribution in [0.25, 0.3) is 0 Å². The first-order valence-electron chi connectivity index (χ1n) is 7.67. The van der Waals surface area contributed by atoms with Crippen LogP contribution < -0.4 is 5.32 Å². The van der Waals surface area contributed by atoms with Gasteiger partial charge in [0.05, 0.1) is 0 Å². The Bertz CT molecular complexity index is 370. The molecule has 0 aromatic heterocycles. The van der Waals surface area contributed by atoms with Crippen LogP contribution in [-0.4, -0.2) is 30.6 Å². The Balaban J connectivity index is 2.25. The maximum atomic E-state index is 3.56. The van der Waals surface area contributed by atoms with Gasteiger partial charge in [-0.1, -0.05) is 51.1 Å². The molecule has 2 atom stereocenters. The number of hydrogen-bond donors (Lipinski definition) is 1. The maximum absolute atomic E-state index is 3.56. The summed E-state index contributed by atoms with van der Waals surface area (Å²) in [5.41, 5.74) is 1.41. The van der Waals surface area contributed by atoms with E-state index in [9.17, 15) is 0 Å². The van der Waals surface area contributed by atoms with E-state index in [0.717, 1.165) is 12.6 Å². The van der Waals surface area contributed by atoms with Gasteiger partial charge >= 0.3 is 0 Å². The molecule has 2 rings (SSSR count). The van der Waals surface area contributed by atoms with E-state index in [1.807, 2.05) is 0 Å². The lowest BCUT2D eigenvalue weighted by Crippen LogP contribution is -2.48. The molecule has 0 heterocycles. The van der Waals surface area contributed by atoms with Gasteiger partial charge < -0.3 is 5.32 Å². The molecule has 0 bridgehead atoms. The fraction of sp³-hybridized carbons (Fsp3) is 0.647. The molecule has 0 spiro atoms. The monoisotopic (exact) mass is 260 g/mol. The molecule has 1 saturated carbocycles. The lowest BCUT2D eigenvalue weighted by molar-refractivity contribution is 0.117. The van der Waals surface area contributed by atoms with E-state index in [2.05, 4.69) is 68.4 Å². The van der Waals surface area contributed by atoms with Crippen molar-refractivity contribution in [3.63, 3.8) is 0 Å². The molecule has 0 amide bonds. The second kappa shape index (κ2) is 6.53. The number of nitrogens with one attached hydrogen (secondary N) is 1. The molecule has 1 aromatic rings. The van der Waals surface area contributed by atoms with Crippen LogP contribution >= 0.6 is 0 Å². The average Bonchev–Trinajstić information content (AvgIpc) is 3.24. The summed E-state index contributed by atoms with van der Waals surface area (Å²) in [6, 6.07) is 12.7. The van der Waals surface area contributed by atoms with Gasteiger partial charge in [-0.2, -0.15) is 0 Å². The molecule has 2 unspecified atom stereocenters. The first kappa shape index (κ1) is 14.5. The van der Waals surface area contributed by atoms with E-state index in [0.29, 0.717) is 18.0 Å². The van der Waals surface area contributed by atoms with Crippen LogP contribution in [0.5, 0.6) is 0 Å². The molecule has 0 radical (unpaired) electrons. The highest BCUT2D eigenvalue weighted by Gasteiger charge is 2.38. The van der Waals surface area contributed by atoms with E-state index in [1.54, 1.807) is 0 Å². The summed E-state index contributed by atoms with van der Waals surface area (Å²) < 4.78 is 0. The summed E-state index contributed by atoms with van der Waals surface area (Å²) >= 11 is 0. The molecule has 19 heavy (non-hydrogen) atoms. The van der Waals surface area contributed by atoms with E-state index in [1.165, 1.54) is 18.4 Å². The number of benzene rings is 1. The largest absolute Gasteiger partial charge is 0.312 e. The molecule has 1 aromatic carbocycles. The van der Waals surface area contributed by atoms with Crippen molar-refractivity contribution in [2.75, 3.05) is 13.6 Å². The zero-order chi connectivity index (χ0) is 13.8. The molecule has 0 aliphatic heterocycles. The summed E-state index contributed by atoms with van der Waals surface area (Å²) in [6.45, 7) is 8.15. The van der Waals surface area contributed by atoms with Gasteiger partial charge in [-0.15, -0.1) is 0 Å². The van der Waals surface area contributed by atoms with Crippen molar-refractivity contribution in [1.82, 2.24) is 10.2 Å². The molecule has 1 aliphatic rings. The SMILES string of the molecule is CCN(C1CC1)C(C(C)C)C(NC)c1ccccc1. The van der Waals surface area contributed by atoms with E-state index < -0.39 is 0 Å². The smallest absolute Gasteiger partial charge is 0.0478 e. The molecule has 106 valence electrons. The van der Waals surface area contributed by atoms with Gasteiger partial charge in [-0.05, 0) is 37.9 Å². The Morgan fingerprint density at radius 2 is 1.84 bits per heavy atom. The zero-order valence-electron chi connectivity index (χ0n) is 12.8. The van der Waals surface area contributed by atoms with Crippen molar-refractivity contribution in [1.29, 1.82) is 0 Å².